The molecule has 0 saturated heterocycles. The standard InChI is InChI=1S/C29H24N3.C15H28O2.Ir/c1-18(2)14-21-16-22(15-20-9-5-6-10-23(20)21)26-29-27(31-17-30-26)25-13-12-19-8-4-7-11-24(19)28(25)32(29)3;1-7-14(5,8-2)12(16)11-13(17)15(6,9-3)10-4;/h4-13,16-18H,14H2,1-3H3;11,16H,7-10H2,1-6H3;/q-1;;/b;12-11-;. The van der Waals surface area contributed by atoms with Crippen LogP contribution in [0, 0.1) is 22.8 Å². The summed E-state index contributed by atoms with van der Waals surface area (Å²) in [5, 5.41) is 16.2. The Bertz CT molecular complexity index is 2150. The zero-order valence-electron chi connectivity index (χ0n) is 31.1. The molecule has 50 heavy (non-hydrogen) atoms. The zero-order chi connectivity index (χ0) is 35.5. The molecule has 5 nitrogen and oxygen atoms in total. The van der Waals surface area contributed by atoms with Crippen molar-refractivity contribution in [2.24, 2.45) is 23.8 Å². The predicted molar refractivity (Wildman–Crippen MR) is 207 cm³/mol. The molecule has 2 heterocycles. The molecule has 0 aliphatic carbocycles. The van der Waals surface area contributed by atoms with E-state index in [0.29, 0.717) is 5.92 Å². The van der Waals surface area contributed by atoms with Crippen molar-refractivity contribution in [2.75, 3.05) is 0 Å². The molecular weight excluding hydrogens is 795 g/mol. The topological polar surface area (TPSA) is 68.0 Å². The van der Waals surface area contributed by atoms with Gasteiger partial charge in [-0.3, -0.25) is 9.78 Å². The number of hydrogen-bond acceptors (Lipinski definition) is 4. The van der Waals surface area contributed by atoms with Gasteiger partial charge in [-0.15, -0.1) is 29.1 Å². The molecule has 6 rings (SSSR count). The second kappa shape index (κ2) is 16.0. The second-order valence-electron chi connectivity index (χ2n) is 14.4. The number of rotatable bonds is 10. The minimum atomic E-state index is -0.337. The Morgan fingerprint density at radius 1 is 0.840 bits per heavy atom. The third kappa shape index (κ3) is 7.43. The molecule has 4 aromatic carbocycles. The van der Waals surface area contributed by atoms with Crippen molar-refractivity contribution in [3.8, 4) is 11.3 Å². The number of hydrogen-bond donors (Lipinski definition) is 1. The maximum absolute atomic E-state index is 12.2. The summed E-state index contributed by atoms with van der Waals surface area (Å²) in [5.41, 5.74) is 5.96. The van der Waals surface area contributed by atoms with Crippen molar-refractivity contribution in [2.45, 2.75) is 87.5 Å². The van der Waals surface area contributed by atoms with Gasteiger partial charge in [0.15, 0.2) is 5.78 Å². The third-order valence-electron chi connectivity index (χ3n) is 11.0. The second-order valence-corrected chi connectivity index (χ2v) is 14.4. The van der Waals surface area contributed by atoms with E-state index in [1.165, 1.54) is 33.3 Å². The van der Waals surface area contributed by atoms with E-state index in [2.05, 4.69) is 98.3 Å². The summed E-state index contributed by atoms with van der Waals surface area (Å²) in [4.78, 5) is 21.7. The van der Waals surface area contributed by atoms with Gasteiger partial charge in [-0.25, -0.2) is 4.98 Å². The van der Waals surface area contributed by atoms with E-state index < -0.39 is 0 Å². The predicted octanol–water partition coefficient (Wildman–Crippen LogP) is 11.7. The minimum Gasteiger partial charge on any atom is -0.512 e. The van der Waals surface area contributed by atoms with Gasteiger partial charge in [-0.05, 0) is 43.4 Å². The van der Waals surface area contributed by atoms with E-state index in [9.17, 15) is 9.90 Å². The van der Waals surface area contributed by atoms with Crippen molar-refractivity contribution in [1.82, 2.24) is 14.5 Å². The fourth-order valence-electron chi connectivity index (χ4n) is 6.73. The largest absolute Gasteiger partial charge is 0.512 e. The molecule has 0 unspecified atom stereocenters. The van der Waals surface area contributed by atoms with Crippen molar-refractivity contribution < 1.29 is 30.0 Å². The van der Waals surface area contributed by atoms with Crippen LogP contribution in [0.25, 0.3) is 54.7 Å². The van der Waals surface area contributed by atoms with Crippen LogP contribution in [0.1, 0.15) is 86.6 Å². The van der Waals surface area contributed by atoms with Gasteiger partial charge in [0.25, 0.3) is 0 Å². The summed E-state index contributed by atoms with van der Waals surface area (Å²) in [5.74, 6) is 0.858. The van der Waals surface area contributed by atoms with Crippen LogP contribution in [0.4, 0.5) is 0 Å². The number of aryl methyl sites for hydroxylation is 1. The Balaban J connectivity index is 0.000000269. The minimum absolute atomic E-state index is 0. The van der Waals surface area contributed by atoms with Crippen molar-refractivity contribution in [1.29, 1.82) is 0 Å². The zero-order valence-corrected chi connectivity index (χ0v) is 33.5. The first-order valence-electron chi connectivity index (χ1n) is 17.9. The normalized spacial score (nSPS) is 12.4. The molecule has 0 spiro atoms. The molecule has 2 aromatic heterocycles. The number of carbonyl (C=O) groups is 1. The number of aliphatic hydroxyl groups is 1. The Morgan fingerprint density at radius 2 is 1.46 bits per heavy atom. The molecule has 0 aliphatic rings. The van der Waals surface area contributed by atoms with Gasteiger partial charge in [0.05, 0.1) is 16.6 Å². The molecule has 1 radical (unpaired) electrons. The van der Waals surface area contributed by atoms with Gasteiger partial charge in [-0.2, -0.15) is 0 Å². The summed E-state index contributed by atoms with van der Waals surface area (Å²) in [6, 6.07) is 27.4. The van der Waals surface area contributed by atoms with E-state index in [4.69, 9.17) is 9.97 Å². The molecule has 1 N–H and O–H groups in total. The van der Waals surface area contributed by atoms with Crippen LogP contribution in [-0.4, -0.2) is 25.4 Å². The van der Waals surface area contributed by atoms with Gasteiger partial charge in [0.1, 0.15) is 12.1 Å². The Hall–Kier alpha value is -3.86. The van der Waals surface area contributed by atoms with E-state index in [-0.39, 0.29) is 42.5 Å². The first kappa shape index (κ1) is 38.9. The smallest absolute Gasteiger partial charge is 0.164 e. The molecule has 0 aliphatic heterocycles. The van der Waals surface area contributed by atoms with E-state index >= 15 is 0 Å². The monoisotopic (exact) mass is 847 g/mol. The van der Waals surface area contributed by atoms with Gasteiger partial charge in [-0.1, -0.05) is 121 Å². The van der Waals surface area contributed by atoms with Crippen LogP contribution in [0.5, 0.6) is 0 Å². The summed E-state index contributed by atoms with van der Waals surface area (Å²) in [7, 11) is 2.13. The number of benzene rings is 4. The Kier molecular flexibility index (Phi) is 12.5. The van der Waals surface area contributed by atoms with Crippen LogP contribution in [-0.2, 0) is 38.4 Å². The summed E-state index contributed by atoms with van der Waals surface area (Å²) < 4.78 is 2.26. The number of aliphatic hydroxyl groups excluding tert-OH is 1. The first-order chi connectivity index (χ1) is 23.4. The van der Waals surface area contributed by atoms with E-state index in [0.717, 1.165) is 65.2 Å². The number of nitrogens with zero attached hydrogens (tertiary/aromatic N) is 3. The summed E-state index contributed by atoms with van der Waals surface area (Å²) in [6.07, 6.45) is 7.47. The molecule has 6 heteroatoms. The fourth-order valence-corrected chi connectivity index (χ4v) is 6.73. The van der Waals surface area contributed by atoms with Crippen LogP contribution < -0.4 is 0 Å². The van der Waals surface area contributed by atoms with E-state index in [1.54, 1.807) is 6.33 Å². The van der Waals surface area contributed by atoms with Crippen LogP contribution in [0.3, 0.4) is 0 Å². The maximum atomic E-state index is 12.2. The van der Waals surface area contributed by atoms with Crippen LogP contribution >= 0.6 is 0 Å². The van der Waals surface area contributed by atoms with Crippen molar-refractivity contribution in [3.05, 3.63) is 96.5 Å². The molecule has 0 bridgehead atoms. The van der Waals surface area contributed by atoms with Gasteiger partial charge < -0.3 is 9.67 Å². The summed E-state index contributed by atoms with van der Waals surface area (Å²) in [6.45, 7) is 16.6. The molecule has 6 aromatic rings. The number of aromatic nitrogens is 3. The third-order valence-corrected chi connectivity index (χ3v) is 11.0. The number of fused-ring (bicyclic) bond motifs is 6. The number of ketones is 1. The number of carbonyl (C=O) groups excluding carboxylic acids is 1. The Labute approximate surface area is 311 Å². The average molecular weight is 847 g/mol. The first-order valence-corrected chi connectivity index (χ1v) is 17.9. The van der Waals surface area contributed by atoms with Gasteiger partial charge in [0, 0.05) is 60.5 Å². The molecular formula is C44H52IrN3O2-. The van der Waals surface area contributed by atoms with E-state index in [1.807, 2.05) is 41.5 Å². The fraction of sp³-hybridized carbons (Fsp3) is 0.386. The molecule has 0 saturated carbocycles. The SMILES string of the molecule is CC(C)Cc1cc(-c2ncnc3c4ccc5ccccc5c4n(C)c23)[c-]c2ccccc12.CCC(C)(CC)C(=O)/C=C(\O)C(C)(CC)CC.[Ir]. The Morgan fingerprint density at radius 3 is 2.10 bits per heavy atom. The van der Waals surface area contributed by atoms with Gasteiger partial charge in [0.2, 0.25) is 0 Å². The van der Waals surface area contributed by atoms with Crippen molar-refractivity contribution >= 4 is 49.3 Å². The molecule has 0 atom stereocenters. The summed E-state index contributed by atoms with van der Waals surface area (Å²) >= 11 is 0. The maximum Gasteiger partial charge on any atom is 0.164 e. The molecule has 0 fully saturated rings. The number of allylic oxidation sites excluding steroid dienone is 2. The average Bonchev–Trinajstić information content (AvgIpc) is 3.42. The molecule has 0 amide bonds. The van der Waals surface area contributed by atoms with Crippen LogP contribution in [0.15, 0.2) is 84.9 Å². The van der Waals surface area contributed by atoms with Crippen LogP contribution in [0.2, 0.25) is 0 Å². The quantitative estimate of drug-likeness (QED) is 0.0847. The van der Waals surface area contributed by atoms with Crippen molar-refractivity contribution in [3.63, 3.8) is 0 Å². The van der Waals surface area contributed by atoms with Gasteiger partial charge >= 0.3 is 0 Å². The molecule has 265 valence electrons.